The Morgan fingerprint density at radius 2 is 2.22 bits per heavy atom. The Hall–Kier alpha value is -2.41. The van der Waals surface area contributed by atoms with Crippen LogP contribution in [0.1, 0.15) is 42.6 Å². The van der Waals surface area contributed by atoms with Crippen molar-refractivity contribution in [1.29, 1.82) is 0 Å². The summed E-state index contributed by atoms with van der Waals surface area (Å²) in [5.41, 5.74) is 0.305. The van der Waals surface area contributed by atoms with Crippen molar-refractivity contribution in [3.8, 4) is 0 Å². The molecule has 0 atom stereocenters. The molecule has 7 heteroatoms. The normalized spacial score (nSPS) is 11.8. The molecule has 0 aliphatic heterocycles. The first-order valence-corrected chi connectivity index (χ1v) is 8.06. The fraction of sp³-hybridized carbons (Fsp3) is 0.312. The minimum absolute atomic E-state index is 0.0259. The molecule has 3 rings (SSSR count). The standard InChI is InChI=1S/C16H17N3O3S/c1-16(2,3)12-9-23-15-18-8-11(14(21)19(12)15)13(20)17-7-10-5-4-6-22-10/h4-6,8-9H,7H2,1-3H3,(H,17,20). The molecular formula is C16H17N3O3S. The molecule has 3 heterocycles. The molecule has 0 radical (unpaired) electrons. The Kier molecular flexibility index (Phi) is 3.81. The van der Waals surface area contributed by atoms with E-state index in [1.165, 1.54) is 28.2 Å². The fourth-order valence-electron chi connectivity index (χ4n) is 2.24. The highest BCUT2D eigenvalue weighted by Gasteiger charge is 2.22. The summed E-state index contributed by atoms with van der Waals surface area (Å²) in [6.07, 6.45) is 2.86. The molecule has 0 fully saturated rings. The molecule has 1 amide bonds. The van der Waals surface area contributed by atoms with E-state index in [0.29, 0.717) is 10.7 Å². The van der Waals surface area contributed by atoms with Gasteiger partial charge in [-0.15, -0.1) is 11.3 Å². The van der Waals surface area contributed by atoms with Gasteiger partial charge in [-0.25, -0.2) is 4.98 Å². The first-order chi connectivity index (χ1) is 10.9. The number of aromatic nitrogens is 2. The second-order valence-corrected chi connectivity index (χ2v) is 7.06. The van der Waals surface area contributed by atoms with Crippen LogP contribution in [-0.4, -0.2) is 15.3 Å². The first kappa shape index (κ1) is 15.5. The van der Waals surface area contributed by atoms with Gasteiger partial charge in [-0.05, 0) is 12.1 Å². The van der Waals surface area contributed by atoms with Crippen LogP contribution in [0.4, 0.5) is 0 Å². The van der Waals surface area contributed by atoms with Crippen molar-refractivity contribution >= 4 is 22.2 Å². The van der Waals surface area contributed by atoms with Crippen LogP contribution in [0.5, 0.6) is 0 Å². The molecule has 0 aliphatic rings. The number of fused-ring (bicyclic) bond motifs is 1. The van der Waals surface area contributed by atoms with Crippen LogP contribution in [0.15, 0.2) is 39.2 Å². The zero-order valence-electron chi connectivity index (χ0n) is 13.1. The second kappa shape index (κ2) is 5.66. The molecule has 0 saturated heterocycles. The lowest BCUT2D eigenvalue weighted by molar-refractivity contribution is 0.0946. The van der Waals surface area contributed by atoms with Crippen LogP contribution in [0.25, 0.3) is 4.96 Å². The number of carbonyl (C=O) groups is 1. The molecule has 0 spiro atoms. The predicted molar refractivity (Wildman–Crippen MR) is 87.9 cm³/mol. The van der Waals surface area contributed by atoms with E-state index in [9.17, 15) is 9.59 Å². The molecule has 0 aliphatic carbocycles. The van der Waals surface area contributed by atoms with E-state index in [-0.39, 0.29) is 23.1 Å². The number of carbonyl (C=O) groups excluding carboxylic acids is 1. The summed E-state index contributed by atoms with van der Waals surface area (Å²) in [6.45, 7) is 6.28. The summed E-state index contributed by atoms with van der Waals surface area (Å²) in [5, 5.41) is 4.59. The Bertz CT molecular complexity index is 901. The zero-order chi connectivity index (χ0) is 16.6. The van der Waals surface area contributed by atoms with Crippen LogP contribution < -0.4 is 10.9 Å². The van der Waals surface area contributed by atoms with E-state index in [2.05, 4.69) is 10.3 Å². The van der Waals surface area contributed by atoms with Gasteiger partial charge in [-0.3, -0.25) is 14.0 Å². The van der Waals surface area contributed by atoms with Crippen LogP contribution >= 0.6 is 11.3 Å². The lowest BCUT2D eigenvalue weighted by Gasteiger charge is -2.17. The predicted octanol–water partition coefficient (Wildman–Crippen LogP) is 2.58. The fourth-order valence-corrected chi connectivity index (χ4v) is 3.32. The first-order valence-electron chi connectivity index (χ1n) is 7.18. The van der Waals surface area contributed by atoms with Gasteiger partial charge in [-0.2, -0.15) is 0 Å². The molecule has 3 aromatic rings. The van der Waals surface area contributed by atoms with Gasteiger partial charge < -0.3 is 9.73 Å². The van der Waals surface area contributed by atoms with Crippen LogP contribution in [0, 0.1) is 0 Å². The third kappa shape index (κ3) is 2.92. The van der Waals surface area contributed by atoms with Crippen molar-refractivity contribution in [2.45, 2.75) is 32.7 Å². The summed E-state index contributed by atoms with van der Waals surface area (Å²) in [6, 6.07) is 3.50. The van der Waals surface area contributed by atoms with Gasteiger partial charge in [0, 0.05) is 22.7 Å². The number of hydrogen-bond acceptors (Lipinski definition) is 5. The largest absolute Gasteiger partial charge is 0.467 e. The number of nitrogens with zero attached hydrogens (tertiary/aromatic N) is 2. The number of nitrogens with one attached hydrogen (secondary N) is 1. The van der Waals surface area contributed by atoms with E-state index >= 15 is 0 Å². The lowest BCUT2D eigenvalue weighted by atomic mass is 9.93. The molecular weight excluding hydrogens is 314 g/mol. The number of thiazole rings is 1. The quantitative estimate of drug-likeness (QED) is 0.800. The van der Waals surface area contributed by atoms with Crippen molar-refractivity contribution in [1.82, 2.24) is 14.7 Å². The highest BCUT2D eigenvalue weighted by molar-refractivity contribution is 7.15. The maximum absolute atomic E-state index is 12.7. The van der Waals surface area contributed by atoms with E-state index in [1.54, 1.807) is 12.1 Å². The maximum Gasteiger partial charge on any atom is 0.271 e. The van der Waals surface area contributed by atoms with Gasteiger partial charge in [0.2, 0.25) is 0 Å². The van der Waals surface area contributed by atoms with E-state index in [0.717, 1.165) is 5.69 Å². The smallest absolute Gasteiger partial charge is 0.271 e. The number of amides is 1. The summed E-state index contributed by atoms with van der Waals surface area (Å²) < 4.78 is 6.68. The number of furan rings is 1. The van der Waals surface area contributed by atoms with Crippen molar-refractivity contribution in [2.75, 3.05) is 0 Å². The van der Waals surface area contributed by atoms with Gasteiger partial charge in [0.05, 0.1) is 12.8 Å². The molecule has 1 N–H and O–H groups in total. The van der Waals surface area contributed by atoms with Gasteiger partial charge in [-0.1, -0.05) is 20.8 Å². The van der Waals surface area contributed by atoms with Crippen LogP contribution in [0.2, 0.25) is 0 Å². The summed E-state index contributed by atoms with van der Waals surface area (Å²) in [4.78, 5) is 29.8. The molecule has 23 heavy (non-hydrogen) atoms. The van der Waals surface area contributed by atoms with E-state index in [4.69, 9.17) is 4.42 Å². The second-order valence-electron chi connectivity index (χ2n) is 6.23. The van der Waals surface area contributed by atoms with Crippen molar-refractivity contribution in [3.05, 3.63) is 57.3 Å². The van der Waals surface area contributed by atoms with Crippen molar-refractivity contribution in [2.24, 2.45) is 0 Å². The molecule has 120 valence electrons. The van der Waals surface area contributed by atoms with Crippen LogP contribution in [0.3, 0.4) is 0 Å². The average Bonchev–Trinajstić information content (AvgIpc) is 3.14. The Morgan fingerprint density at radius 1 is 1.43 bits per heavy atom. The molecule has 0 aromatic carbocycles. The Labute approximate surface area is 136 Å². The zero-order valence-corrected chi connectivity index (χ0v) is 13.9. The SMILES string of the molecule is CC(C)(C)c1csc2ncc(C(=O)NCc3ccco3)c(=O)n12. The number of rotatable bonds is 3. The van der Waals surface area contributed by atoms with Gasteiger partial charge in [0.1, 0.15) is 11.3 Å². The third-order valence-electron chi connectivity index (χ3n) is 3.46. The lowest BCUT2D eigenvalue weighted by Crippen LogP contribution is -2.32. The molecule has 0 saturated carbocycles. The summed E-state index contributed by atoms with van der Waals surface area (Å²) in [5.74, 6) is 0.165. The summed E-state index contributed by atoms with van der Waals surface area (Å²) >= 11 is 1.39. The van der Waals surface area contributed by atoms with Crippen molar-refractivity contribution in [3.63, 3.8) is 0 Å². The average molecular weight is 331 g/mol. The monoisotopic (exact) mass is 331 g/mol. The van der Waals surface area contributed by atoms with Crippen molar-refractivity contribution < 1.29 is 9.21 Å². The summed E-state index contributed by atoms with van der Waals surface area (Å²) in [7, 11) is 0. The van der Waals surface area contributed by atoms with E-state index < -0.39 is 5.91 Å². The number of hydrogen-bond donors (Lipinski definition) is 1. The molecule has 3 aromatic heterocycles. The van der Waals surface area contributed by atoms with E-state index in [1.807, 2.05) is 26.2 Å². The Balaban J connectivity index is 1.96. The highest BCUT2D eigenvalue weighted by atomic mass is 32.1. The van der Waals surface area contributed by atoms with Gasteiger partial charge >= 0.3 is 0 Å². The maximum atomic E-state index is 12.7. The Morgan fingerprint density at radius 3 is 2.87 bits per heavy atom. The highest BCUT2D eigenvalue weighted by Crippen LogP contribution is 2.25. The minimum atomic E-state index is -0.459. The molecule has 0 unspecified atom stereocenters. The van der Waals surface area contributed by atoms with Gasteiger partial charge in [0.25, 0.3) is 11.5 Å². The molecule has 0 bridgehead atoms. The van der Waals surface area contributed by atoms with Crippen LogP contribution in [-0.2, 0) is 12.0 Å². The third-order valence-corrected chi connectivity index (χ3v) is 4.30. The topological polar surface area (TPSA) is 76.6 Å². The van der Waals surface area contributed by atoms with Gasteiger partial charge in [0.15, 0.2) is 4.96 Å². The molecule has 6 nitrogen and oxygen atoms in total. The minimum Gasteiger partial charge on any atom is -0.467 e.